The summed E-state index contributed by atoms with van der Waals surface area (Å²) in [5, 5.41) is 8.65. The number of hydrogen-bond donors (Lipinski definition) is 2. The molecule has 84 valence electrons. The Bertz CT molecular complexity index is 302. The zero-order valence-corrected chi connectivity index (χ0v) is 8.90. The second kappa shape index (κ2) is 6.27. The van der Waals surface area contributed by atoms with Gasteiger partial charge in [0.2, 0.25) is 0 Å². The molecule has 0 atom stereocenters. The Balaban J connectivity index is 2.78. The standard InChI is InChI=1S/C11H17NO3/c1-14-11-8-9(4-5-12)2-3-10(11)15-7-6-13/h2-3,8,13H,4-7,12H2,1H3. The molecule has 0 amide bonds. The monoisotopic (exact) mass is 211 g/mol. The molecule has 0 bridgehead atoms. The zero-order chi connectivity index (χ0) is 11.1. The molecule has 0 fully saturated rings. The van der Waals surface area contributed by atoms with Gasteiger partial charge in [-0.05, 0) is 30.7 Å². The van der Waals surface area contributed by atoms with E-state index in [1.807, 2.05) is 18.2 Å². The lowest BCUT2D eigenvalue weighted by Crippen LogP contribution is -2.05. The summed E-state index contributed by atoms with van der Waals surface area (Å²) in [6.07, 6.45) is 0.816. The summed E-state index contributed by atoms with van der Waals surface area (Å²) in [6.45, 7) is 0.875. The van der Waals surface area contributed by atoms with Crippen molar-refractivity contribution in [2.24, 2.45) is 5.73 Å². The molecule has 4 nitrogen and oxygen atoms in total. The first-order valence-corrected chi connectivity index (χ1v) is 4.92. The lowest BCUT2D eigenvalue weighted by atomic mass is 10.1. The third kappa shape index (κ3) is 3.42. The largest absolute Gasteiger partial charge is 0.493 e. The SMILES string of the molecule is COc1cc(CCN)ccc1OCCO. The maximum Gasteiger partial charge on any atom is 0.161 e. The van der Waals surface area contributed by atoms with Crippen molar-refractivity contribution in [3.8, 4) is 11.5 Å². The minimum atomic E-state index is -0.00624. The lowest BCUT2D eigenvalue weighted by Gasteiger charge is -2.11. The minimum absolute atomic E-state index is 0.00624. The van der Waals surface area contributed by atoms with Crippen LogP contribution in [0.3, 0.4) is 0 Å². The highest BCUT2D eigenvalue weighted by molar-refractivity contribution is 5.43. The van der Waals surface area contributed by atoms with Crippen molar-refractivity contribution in [1.82, 2.24) is 0 Å². The molecule has 1 aromatic carbocycles. The van der Waals surface area contributed by atoms with Gasteiger partial charge in [0, 0.05) is 0 Å². The van der Waals surface area contributed by atoms with E-state index in [-0.39, 0.29) is 13.2 Å². The van der Waals surface area contributed by atoms with Crippen molar-refractivity contribution in [2.75, 3.05) is 26.9 Å². The molecule has 0 heterocycles. The highest BCUT2D eigenvalue weighted by atomic mass is 16.5. The first-order chi connectivity index (χ1) is 7.31. The van der Waals surface area contributed by atoms with E-state index in [4.69, 9.17) is 20.3 Å². The highest BCUT2D eigenvalue weighted by Gasteiger charge is 2.04. The van der Waals surface area contributed by atoms with Crippen LogP contribution in [0, 0.1) is 0 Å². The van der Waals surface area contributed by atoms with Crippen LogP contribution in [0.4, 0.5) is 0 Å². The van der Waals surface area contributed by atoms with Crippen molar-refractivity contribution in [1.29, 1.82) is 0 Å². The van der Waals surface area contributed by atoms with Crippen LogP contribution < -0.4 is 15.2 Å². The fourth-order valence-corrected chi connectivity index (χ4v) is 1.31. The van der Waals surface area contributed by atoms with Gasteiger partial charge >= 0.3 is 0 Å². The van der Waals surface area contributed by atoms with Gasteiger partial charge < -0.3 is 20.3 Å². The number of nitrogens with two attached hydrogens (primary N) is 1. The predicted molar refractivity (Wildman–Crippen MR) is 58.3 cm³/mol. The third-order valence-electron chi connectivity index (χ3n) is 2.01. The van der Waals surface area contributed by atoms with Gasteiger partial charge in [-0.15, -0.1) is 0 Å². The molecular weight excluding hydrogens is 194 g/mol. The fourth-order valence-electron chi connectivity index (χ4n) is 1.31. The Labute approximate surface area is 89.6 Å². The third-order valence-corrected chi connectivity index (χ3v) is 2.01. The highest BCUT2D eigenvalue weighted by Crippen LogP contribution is 2.27. The van der Waals surface area contributed by atoms with Crippen LogP contribution in [0.2, 0.25) is 0 Å². The maximum absolute atomic E-state index is 8.65. The van der Waals surface area contributed by atoms with E-state index in [0.717, 1.165) is 12.0 Å². The zero-order valence-electron chi connectivity index (χ0n) is 8.90. The van der Waals surface area contributed by atoms with E-state index in [9.17, 15) is 0 Å². The molecule has 4 heteroatoms. The van der Waals surface area contributed by atoms with Gasteiger partial charge in [-0.25, -0.2) is 0 Å². The van der Waals surface area contributed by atoms with Crippen LogP contribution in [0.5, 0.6) is 11.5 Å². The van der Waals surface area contributed by atoms with Crippen LogP contribution in [0.15, 0.2) is 18.2 Å². The van der Waals surface area contributed by atoms with E-state index >= 15 is 0 Å². The Morgan fingerprint density at radius 3 is 2.73 bits per heavy atom. The number of aliphatic hydroxyl groups is 1. The van der Waals surface area contributed by atoms with Crippen molar-refractivity contribution < 1.29 is 14.6 Å². The average Bonchev–Trinajstić information content (AvgIpc) is 2.27. The molecule has 1 rings (SSSR count). The molecule has 0 saturated heterocycles. The van der Waals surface area contributed by atoms with Crippen molar-refractivity contribution >= 4 is 0 Å². The molecule has 0 aliphatic rings. The summed E-state index contributed by atoms with van der Waals surface area (Å²) in [7, 11) is 1.59. The summed E-state index contributed by atoms with van der Waals surface area (Å²) in [5.41, 5.74) is 6.58. The van der Waals surface area contributed by atoms with E-state index < -0.39 is 0 Å². The van der Waals surface area contributed by atoms with E-state index in [0.29, 0.717) is 18.0 Å². The van der Waals surface area contributed by atoms with Gasteiger partial charge in [0.15, 0.2) is 11.5 Å². The van der Waals surface area contributed by atoms with Gasteiger partial charge in [-0.3, -0.25) is 0 Å². The van der Waals surface area contributed by atoms with Crippen LogP contribution >= 0.6 is 0 Å². The molecule has 15 heavy (non-hydrogen) atoms. The second-order valence-electron chi connectivity index (χ2n) is 3.10. The molecule has 3 N–H and O–H groups in total. The summed E-state index contributed by atoms with van der Waals surface area (Å²) in [4.78, 5) is 0. The van der Waals surface area contributed by atoms with Gasteiger partial charge in [-0.2, -0.15) is 0 Å². The topological polar surface area (TPSA) is 64.7 Å². The minimum Gasteiger partial charge on any atom is -0.493 e. The molecule has 0 aromatic heterocycles. The Hall–Kier alpha value is -1.26. The van der Waals surface area contributed by atoms with Crippen LogP contribution in [0.1, 0.15) is 5.56 Å². The second-order valence-corrected chi connectivity index (χ2v) is 3.10. The average molecular weight is 211 g/mol. The number of methoxy groups -OCH3 is 1. The van der Waals surface area contributed by atoms with Crippen molar-refractivity contribution in [2.45, 2.75) is 6.42 Å². The molecule has 0 radical (unpaired) electrons. The van der Waals surface area contributed by atoms with Crippen LogP contribution in [-0.2, 0) is 6.42 Å². The summed E-state index contributed by atoms with van der Waals surface area (Å²) < 4.78 is 10.5. The van der Waals surface area contributed by atoms with E-state index in [1.165, 1.54) is 0 Å². The number of hydrogen-bond acceptors (Lipinski definition) is 4. The van der Waals surface area contributed by atoms with E-state index in [2.05, 4.69) is 0 Å². The normalized spacial score (nSPS) is 10.1. The molecule has 0 aliphatic carbocycles. The smallest absolute Gasteiger partial charge is 0.161 e. The first-order valence-electron chi connectivity index (χ1n) is 4.92. The number of rotatable bonds is 6. The van der Waals surface area contributed by atoms with Crippen molar-refractivity contribution in [3.05, 3.63) is 23.8 Å². The Morgan fingerprint density at radius 1 is 1.33 bits per heavy atom. The van der Waals surface area contributed by atoms with E-state index in [1.54, 1.807) is 7.11 Å². The summed E-state index contributed by atoms with van der Waals surface area (Å²) in [5.74, 6) is 1.32. The Kier molecular flexibility index (Phi) is 4.93. The Morgan fingerprint density at radius 2 is 2.13 bits per heavy atom. The van der Waals surface area contributed by atoms with Crippen molar-refractivity contribution in [3.63, 3.8) is 0 Å². The number of aliphatic hydroxyl groups excluding tert-OH is 1. The molecule has 0 saturated carbocycles. The van der Waals surface area contributed by atoms with Gasteiger partial charge in [0.25, 0.3) is 0 Å². The lowest BCUT2D eigenvalue weighted by molar-refractivity contribution is 0.196. The maximum atomic E-state index is 8.65. The fraction of sp³-hybridized carbons (Fsp3) is 0.455. The summed E-state index contributed by atoms with van der Waals surface area (Å²) >= 11 is 0. The quantitative estimate of drug-likeness (QED) is 0.722. The molecule has 0 unspecified atom stereocenters. The molecule has 0 aliphatic heterocycles. The van der Waals surface area contributed by atoms with Crippen LogP contribution in [0.25, 0.3) is 0 Å². The number of benzene rings is 1. The van der Waals surface area contributed by atoms with Crippen LogP contribution in [-0.4, -0.2) is 32.0 Å². The van der Waals surface area contributed by atoms with Gasteiger partial charge in [-0.1, -0.05) is 6.07 Å². The molecule has 0 spiro atoms. The number of ether oxygens (including phenoxy) is 2. The molecule has 1 aromatic rings. The van der Waals surface area contributed by atoms with Gasteiger partial charge in [0.05, 0.1) is 13.7 Å². The summed E-state index contributed by atoms with van der Waals surface area (Å²) in [6, 6.07) is 5.68. The predicted octanol–water partition coefficient (Wildman–Crippen LogP) is 0.568. The molecular formula is C11H17NO3. The first kappa shape index (κ1) is 11.8. The van der Waals surface area contributed by atoms with Gasteiger partial charge in [0.1, 0.15) is 6.61 Å².